The third-order valence-corrected chi connectivity index (χ3v) is 4.43. The number of nitrogens with one attached hydrogen (secondary N) is 1. The maximum Gasteiger partial charge on any atom is 0.261 e. The minimum absolute atomic E-state index is 0.193. The number of aryl methyl sites for hydroxylation is 1. The van der Waals surface area contributed by atoms with Crippen molar-refractivity contribution in [1.82, 2.24) is 19.7 Å². The highest BCUT2D eigenvalue weighted by Crippen LogP contribution is 2.33. The Morgan fingerprint density at radius 2 is 2.00 bits per heavy atom. The van der Waals surface area contributed by atoms with E-state index in [1.54, 1.807) is 29.2 Å². The van der Waals surface area contributed by atoms with E-state index in [0.717, 1.165) is 12.8 Å². The van der Waals surface area contributed by atoms with Crippen molar-refractivity contribution < 1.29 is 14.4 Å². The predicted molar refractivity (Wildman–Crippen MR) is 87.8 cm³/mol. The Balaban J connectivity index is 1.43. The first-order valence-corrected chi connectivity index (χ1v) is 8.24. The lowest BCUT2D eigenvalue weighted by atomic mass is 10.1. The number of anilines is 1. The summed E-state index contributed by atoms with van der Waals surface area (Å²) in [6.07, 6.45) is 5.33. The van der Waals surface area contributed by atoms with Gasteiger partial charge in [-0.15, -0.1) is 0 Å². The Bertz CT molecular complexity index is 842. The minimum Gasteiger partial charge on any atom is -0.326 e. The summed E-state index contributed by atoms with van der Waals surface area (Å²) < 4.78 is 1.57. The van der Waals surface area contributed by atoms with Gasteiger partial charge in [0, 0.05) is 18.7 Å². The van der Waals surface area contributed by atoms with Gasteiger partial charge in [0.1, 0.15) is 12.7 Å². The van der Waals surface area contributed by atoms with Gasteiger partial charge in [0.05, 0.1) is 17.7 Å². The summed E-state index contributed by atoms with van der Waals surface area (Å²) in [6, 6.07) is 4.84. The molecule has 0 radical (unpaired) electrons. The van der Waals surface area contributed by atoms with Crippen LogP contribution in [0.1, 0.15) is 40.0 Å². The molecule has 8 nitrogen and oxygen atoms in total. The molecule has 25 heavy (non-hydrogen) atoms. The highest BCUT2D eigenvalue weighted by molar-refractivity contribution is 6.21. The predicted octanol–water partition coefficient (Wildman–Crippen LogP) is 1.31. The normalized spacial score (nSPS) is 16.2. The van der Waals surface area contributed by atoms with Crippen LogP contribution in [-0.2, 0) is 11.3 Å². The van der Waals surface area contributed by atoms with Crippen molar-refractivity contribution in [2.75, 3.05) is 11.9 Å². The molecule has 128 valence electrons. The van der Waals surface area contributed by atoms with Gasteiger partial charge < -0.3 is 5.32 Å². The SMILES string of the molecule is O=C(CCn1cncn1)Nc1ccc2c(c1)C(=O)N(CC1CC1)C2=O. The second-order valence-corrected chi connectivity index (χ2v) is 6.38. The molecule has 4 rings (SSSR count). The molecule has 0 saturated heterocycles. The molecular formula is C17H17N5O3. The van der Waals surface area contributed by atoms with E-state index in [-0.39, 0.29) is 24.1 Å². The number of benzene rings is 1. The fourth-order valence-corrected chi connectivity index (χ4v) is 2.88. The number of rotatable bonds is 6. The highest BCUT2D eigenvalue weighted by atomic mass is 16.2. The Kier molecular flexibility index (Phi) is 3.79. The molecule has 0 bridgehead atoms. The zero-order chi connectivity index (χ0) is 17.4. The lowest BCUT2D eigenvalue weighted by Gasteiger charge is -2.12. The first-order valence-electron chi connectivity index (χ1n) is 8.24. The fourth-order valence-electron chi connectivity index (χ4n) is 2.88. The summed E-state index contributed by atoms with van der Waals surface area (Å²) in [5.41, 5.74) is 1.28. The molecule has 1 aliphatic carbocycles. The summed E-state index contributed by atoms with van der Waals surface area (Å²) in [6.45, 7) is 0.912. The van der Waals surface area contributed by atoms with E-state index in [9.17, 15) is 14.4 Å². The number of imide groups is 1. The molecule has 1 saturated carbocycles. The van der Waals surface area contributed by atoms with Crippen LogP contribution in [0.5, 0.6) is 0 Å². The van der Waals surface area contributed by atoms with E-state index < -0.39 is 0 Å². The lowest BCUT2D eigenvalue weighted by molar-refractivity contribution is -0.116. The molecule has 2 aromatic rings. The molecule has 0 spiro atoms. The summed E-state index contributed by atoms with van der Waals surface area (Å²) >= 11 is 0. The minimum atomic E-state index is -0.273. The maximum absolute atomic E-state index is 12.5. The van der Waals surface area contributed by atoms with Crippen molar-refractivity contribution in [1.29, 1.82) is 0 Å². The quantitative estimate of drug-likeness (QED) is 0.801. The van der Waals surface area contributed by atoms with Crippen molar-refractivity contribution in [3.05, 3.63) is 42.0 Å². The summed E-state index contributed by atoms with van der Waals surface area (Å²) in [7, 11) is 0. The van der Waals surface area contributed by atoms with Crippen LogP contribution in [0.3, 0.4) is 0 Å². The van der Waals surface area contributed by atoms with Gasteiger partial charge in [-0.2, -0.15) is 5.10 Å². The Morgan fingerprint density at radius 3 is 2.72 bits per heavy atom. The summed E-state index contributed by atoms with van der Waals surface area (Å²) in [4.78, 5) is 42.0. The number of nitrogens with zero attached hydrogens (tertiary/aromatic N) is 4. The Morgan fingerprint density at radius 1 is 1.20 bits per heavy atom. The van der Waals surface area contributed by atoms with Crippen molar-refractivity contribution >= 4 is 23.4 Å². The molecule has 3 amide bonds. The molecule has 1 aliphatic heterocycles. The van der Waals surface area contributed by atoms with Gasteiger partial charge in [0.15, 0.2) is 0 Å². The maximum atomic E-state index is 12.5. The molecular weight excluding hydrogens is 322 g/mol. The number of hydrogen-bond donors (Lipinski definition) is 1. The number of hydrogen-bond acceptors (Lipinski definition) is 5. The van der Waals surface area contributed by atoms with Gasteiger partial charge in [-0.3, -0.25) is 24.0 Å². The van der Waals surface area contributed by atoms with Crippen LogP contribution in [0, 0.1) is 5.92 Å². The van der Waals surface area contributed by atoms with Crippen LogP contribution in [0.2, 0.25) is 0 Å². The number of amides is 3. The summed E-state index contributed by atoms with van der Waals surface area (Å²) in [5.74, 6) is -0.262. The number of carbonyl (C=O) groups is 3. The zero-order valence-corrected chi connectivity index (χ0v) is 13.5. The summed E-state index contributed by atoms with van der Waals surface area (Å²) in [5, 5.41) is 6.69. The van der Waals surface area contributed by atoms with Gasteiger partial charge >= 0.3 is 0 Å². The van der Waals surface area contributed by atoms with Crippen LogP contribution < -0.4 is 5.32 Å². The Labute approximate surface area is 143 Å². The van der Waals surface area contributed by atoms with E-state index in [1.165, 1.54) is 11.2 Å². The van der Waals surface area contributed by atoms with Crippen LogP contribution in [-0.4, -0.2) is 43.9 Å². The second kappa shape index (κ2) is 6.12. The number of fused-ring (bicyclic) bond motifs is 1. The topological polar surface area (TPSA) is 97.2 Å². The van der Waals surface area contributed by atoms with Gasteiger partial charge in [0.2, 0.25) is 5.91 Å². The van der Waals surface area contributed by atoms with Crippen molar-refractivity contribution in [3.8, 4) is 0 Å². The monoisotopic (exact) mass is 339 g/mol. The average molecular weight is 339 g/mol. The van der Waals surface area contributed by atoms with Crippen molar-refractivity contribution in [2.45, 2.75) is 25.8 Å². The number of carbonyl (C=O) groups excluding carboxylic acids is 3. The molecule has 1 aromatic heterocycles. The smallest absolute Gasteiger partial charge is 0.261 e. The second-order valence-electron chi connectivity index (χ2n) is 6.38. The molecule has 2 aliphatic rings. The third kappa shape index (κ3) is 3.15. The van der Waals surface area contributed by atoms with Crippen LogP contribution >= 0.6 is 0 Å². The zero-order valence-electron chi connectivity index (χ0n) is 13.5. The highest BCUT2D eigenvalue weighted by Gasteiger charge is 2.38. The van der Waals surface area contributed by atoms with E-state index in [1.807, 2.05) is 0 Å². The van der Waals surface area contributed by atoms with Crippen LogP contribution in [0.25, 0.3) is 0 Å². The average Bonchev–Trinajstić information content (AvgIpc) is 3.22. The van der Waals surface area contributed by atoms with Crippen LogP contribution in [0.15, 0.2) is 30.9 Å². The van der Waals surface area contributed by atoms with Gasteiger partial charge in [-0.1, -0.05) is 0 Å². The standard InChI is InChI=1S/C17H17N5O3/c23-15(5-6-21-10-18-9-19-21)20-12-3-4-13-14(7-12)17(25)22(16(13)24)8-11-1-2-11/h3-4,7,9-11H,1-2,5-6,8H2,(H,20,23). The van der Waals surface area contributed by atoms with Crippen LogP contribution in [0.4, 0.5) is 5.69 Å². The molecule has 1 aromatic carbocycles. The first kappa shape index (κ1) is 15.5. The van der Waals surface area contributed by atoms with Crippen molar-refractivity contribution in [2.24, 2.45) is 5.92 Å². The molecule has 1 N–H and O–H groups in total. The lowest BCUT2D eigenvalue weighted by Crippen LogP contribution is -2.31. The van der Waals surface area contributed by atoms with E-state index in [2.05, 4.69) is 15.4 Å². The first-order chi connectivity index (χ1) is 12.1. The van der Waals surface area contributed by atoms with Crippen molar-refractivity contribution in [3.63, 3.8) is 0 Å². The van der Waals surface area contributed by atoms with E-state index in [4.69, 9.17) is 0 Å². The molecule has 8 heteroatoms. The van der Waals surface area contributed by atoms with Gasteiger partial charge in [-0.05, 0) is 37.0 Å². The molecule has 0 unspecified atom stereocenters. The molecule has 2 heterocycles. The molecule has 0 atom stereocenters. The number of aromatic nitrogens is 3. The van der Waals surface area contributed by atoms with E-state index >= 15 is 0 Å². The Hall–Kier alpha value is -3.03. The van der Waals surface area contributed by atoms with E-state index in [0.29, 0.717) is 35.8 Å². The molecule has 1 fully saturated rings. The largest absolute Gasteiger partial charge is 0.326 e. The third-order valence-electron chi connectivity index (χ3n) is 4.43. The van der Waals surface area contributed by atoms with Gasteiger partial charge in [-0.25, -0.2) is 4.98 Å². The van der Waals surface area contributed by atoms with Gasteiger partial charge in [0.25, 0.3) is 11.8 Å². The fraction of sp³-hybridized carbons (Fsp3) is 0.353.